The molecule has 31 heavy (non-hydrogen) atoms. The highest BCUT2D eigenvalue weighted by Gasteiger charge is 2.72. The molecule has 6 rings (SSSR count). The molecule has 2 unspecified atom stereocenters. The zero-order chi connectivity index (χ0) is 20.9. The lowest BCUT2D eigenvalue weighted by Gasteiger charge is -2.38. The summed E-state index contributed by atoms with van der Waals surface area (Å²) in [4.78, 5) is 23.3. The number of amides is 1. The van der Waals surface area contributed by atoms with Crippen LogP contribution in [-0.2, 0) is 15.6 Å². The first-order valence-corrected chi connectivity index (χ1v) is 9.81. The molecule has 5 aromatic heterocycles. The van der Waals surface area contributed by atoms with Crippen LogP contribution in [0.3, 0.4) is 0 Å². The van der Waals surface area contributed by atoms with E-state index in [9.17, 15) is 4.79 Å². The Balaban J connectivity index is 1.77. The van der Waals surface area contributed by atoms with Crippen molar-refractivity contribution < 1.29 is 4.79 Å². The second kappa shape index (κ2) is 6.33. The summed E-state index contributed by atoms with van der Waals surface area (Å²) in [7, 11) is 0. The molecular formula is C15H12N14OS. The Morgan fingerprint density at radius 3 is 2.71 bits per heavy atom. The van der Waals surface area contributed by atoms with Crippen molar-refractivity contribution >= 4 is 23.4 Å². The molecule has 0 radical (unpaired) electrons. The van der Waals surface area contributed by atoms with E-state index in [-0.39, 0.29) is 18.4 Å². The molecule has 16 heteroatoms. The first kappa shape index (κ1) is 17.5. The predicted octanol–water partition coefficient (Wildman–Crippen LogP) is -1.07. The van der Waals surface area contributed by atoms with E-state index in [1.807, 2.05) is 0 Å². The Morgan fingerprint density at radius 1 is 1.10 bits per heavy atom. The summed E-state index contributed by atoms with van der Waals surface area (Å²) in [6.07, 6.45) is 6.30. The van der Waals surface area contributed by atoms with Crippen molar-refractivity contribution in [1.82, 2.24) is 65.8 Å². The lowest BCUT2D eigenvalue weighted by Crippen LogP contribution is -2.53. The number of carbonyl (C=O) groups is 1. The minimum Gasteiger partial charge on any atom is -0.347 e. The van der Waals surface area contributed by atoms with Crippen molar-refractivity contribution in [2.75, 3.05) is 11.4 Å². The number of H-pyrrole nitrogens is 4. The van der Waals surface area contributed by atoms with Crippen molar-refractivity contribution in [3.05, 3.63) is 59.1 Å². The third kappa shape index (κ3) is 2.10. The van der Waals surface area contributed by atoms with Gasteiger partial charge in [0.05, 0.1) is 17.6 Å². The molecule has 0 spiro atoms. The number of hydrogen-bond acceptors (Lipinski definition) is 11. The molecule has 6 heterocycles. The van der Waals surface area contributed by atoms with Gasteiger partial charge in [-0.2, -0.15) is 25.7 Å². The van der Waals surface area contributed by atoms with Gasteiger partial charge in [0, 0.05) is 30.5 Å². The summed E-state index contributed by atoms with van der Waals surface area (Å²) >= 11 is 1.17. The van der Waals surface area contributed by atoms with E-state index in [2.05, 4.69) is 65.8 Å². The van der Waals surface area contributed by atoms with Crippen LogP contribution >= 0.6 is 11.5 Å². The minimum absolute atomic E-state index is 0.0898. The van der Waals surface area contributed by atoms with E-state index in [0.717, 1.165) is 0 Å². The van der Waals surface area contributed by atoms with Crippen LogP contribution < -0.4 is 4.90 Å². The molecule has 154 valence electrons. The molecule has 1 amide bonds. The van der Waals surface area contributed by atoms with Gasteiger partial charge in [-0.1, -0.05) is 9.59 Å². The fourth-order valence-corrected chi connectivity index (χ4v) is 4.92. The standard InChI is InChI=1S/C15H12N14OS/c30-12-15(9-5-19-25-21-9,11-16-3-4-17-11)14(8-1-2-18-20-8,10-6-31-28-22-10)7-29(12)13-23-26-27-24-13/h1-6H,7H2,(H,16,17)(H,18,20)(H,19,21,25)(H,23,24,26,27). The summed E-state index contributed by atoms with van der Waals surface area (Å²) in [5.41, 5.74) is -1.23. The van der Waals surface area contributed by atoms with Gasteiger partial charge in [-0.05, 0) is 22.8 Å². The summed E-state index contributed by atoms with van der Waals surface area (Å²) < 4.78 is 4.07. The number of rotatable bonds is 5. The lowest BCUT2D eigenvalue weighted by atomic mass is 9.59. The number of carbonyl (C=O) groups excluding carboxylic acids is 1. The summed E-state index contributed by atoms with van der Waals surface area (Å²) in [5, 5.41) is 38.3. The molecule has 1 fully saturated rings. The van der Waals surface area contributed by atoms with Crippen molar-refractivity contribution in [3.8, 4) is 0 Å². The molecule has 5 aromatic rings. The largest absolute Gasteiger partial charge is 0.347 e. The van der Waals surface area contributed by atoms with Gasteiger partial charge in [-0.25, -0.2) is 4.98 Å². The summed E-state index contributed by atoms with van der Waals surface area (Å²) in [5.74, 6) is 0.0642. The number of aromatic amines is 4. The Hall–Kier alpha value is -4.34. The maximum absolute atomic E-state index is 14.3. The highest BCUT2D eigenvalue weighted by Crippen LogP contribution is 2.56. The molecule has 1 saturated heterocycles. The second-order valence-electron chi connectivity index (χ2n) is 6.81. The first-order valence-electron chi connectivity index (χ1n) is 8.97. The molecule has 1 aliphatic heterocycles. The SMILES string of the molecule is O=C1N(c2nn[nH]n2)CC(c2csnn2)(c2ccn[nH]2)C1(c1cn[nH]n1)c1ncc[nH]1. The van der Waals surface area contributed by atoms with Crippen LogP contribution in [0.1, 0.15) is 22.9 Å². The Bertz CT molecular complexity index is 1210. The van der Waals surface area contributed by atoms with Gasteiger partial charge in [0.25, 0.3) is 11.9 Å². The molecule has 1 aliphatic rings. The average Bonchev–Trinajstić information content (AvgIpc) is 3.61. The lowest BCUT2D eigenvalue weighted by molar-refractivity contribution is -0.121. The number of aromatic nitrogens is 13. The van der Waals surface area contributed by atoms with Crippen LogP contribution in [0, 0.1) is 0 Å². The molecule has 0 aromatic carbocycles. The zero-order valence-electron chi connectivity index (χ0n) is 15.5. The number of tetrazole rings is 1. The van der Waals surface area contributed by atoms with Gasteiger partial charge >= 0.3 is 0 Å². The highest BCUT2D eigenvalue weighted by molar-refractivity contribution is 7.03. The smallest absolute Gasteiger partial charge is 0.272 e. The first-order chi connectivity index (χ1) is 15.3. The van der Waals surface area contributed by atoms with Gasteiger partial charge in [0.15, 0.2) is 5.41 Å². The summed E-state index contributed by atoms with van der Waals surface area (Å²) in [6.45, 7) is 0.0898. The highest BCUT2D eigenvalue weighted by atomic mass is 32.1. The van der Waals surface area contributed by atoms with Crippen LogP contribution in [0.4, 0.5) is 5.95 Å². The van der Waals surface area contributed by atoms with Crippen LogP contribution in [0.25, 0.3) is 0 Å². The topological polar surface area (TPSA) is 199 Å². The van der Waals surface area contributed by atoms with Crippen LogP contribution in [0.15, 0.2) is 36.2 Å². The number of nitrogens with zero attached hydrogens (tertiary/aromatic N) is 10. The van der Waals surface area contributed by atoms with E-state index in [0.29, 0.717) is 22.9 Å². The fourth-order valence-electron chi connectivity index (χ4n) is 4.39. The minimum atomic E-state index is -1.52. The van der Waals surface area contributed by atoms with E-state index in [1.165, 1.54) is 22.6 Å². The molecule has 4 N–H and O–H groups in total. The van der Waals surface area contributed by atoms with Crippen molar-refractivity contribution in [2.45, 2.75) is 10.8 Å². The summed E-state index contributed by atoms with van der Waals surface area (Å²) in [6, 6.07) is 1.78. The van der Waals surface area contributed by atoms with E-state index in [1.54, 1.807) is 30.0 Å². The predicted molar refractivity (Wildman–Crippen MR) is 102 cm³/mol. The number of hydrogen-bond donors (Lipinski definition) is 4. The van der Waals surface area contributed by atoms with Crippen molar-refractivity contribution in [2.24, 2.45) is 0 Å². The third-order valence-electron chi connectivity index (χ3n) is 5.59. The number of imidazole rings is 1. The molecule has 2 atom stereocenters. The Morgan fingerprint density at radius 2 is 2.06 bits per heavy atom. The molecule has 15 nitrogen and oxygen atoms in total. The average molecular weight is 436 g/mol. The molecule has 0 bridgehead atoms. The Kier molecular flexibility index (Phi) is 3.57. The third-order valence-corrected chi connectivity index (χ3v) is 6.09. The van der Waals surface area contributed by atoms with Crippen molar-refractivity contribution in [3.63, 3.8) is 0 Å². The van der Waals surface area contributed by atoms with Gasteiger partial charge < -0.3 is 4.98 Å². The number of anilines is 1. The Labute approximate surface area is 175 Å². The quantitative estimate of drug-likeness (QED) is 0.263. The number of nitrogens with one attached hydrogen (secondary N) is 4. The monoisotopic (exact) mass is 436 g/mol. The van der Waals surface area contributed by atoms with Gasteiger partial charge in [0.1, 0.15) is 16.9 Å². The van der Waals surface area contributed by atoms with Gasteiger partial charge in [-0.3, -0.25) is 14.8 Å². The van der Waals surface area contributed by atoms with Crippen LogP contribution in [-0.4, -0.2) is 78.2 Å². The van der Waals surface area contributed by atoms with Crippen LogP contribution in [0.5, 0.6) is 0 Å². The van der Waals surface area contributed by atoms with E-state index >= 15 is 0 Å². The van der Waals surface area contributed by atoms with Crippen molar-refractivity contribution in [1.29, 1.82) is 0 Å². The molecule has 0 aliphatic carbocycles. The maximum atomic E-state index is 14.3. The van der Waals surface area contributed by atoms with E-state index < -0.39 is 10.8 Å². The zero-order valence-corrected chi connectivity index (χ0v) is 16.3. The maximum Gasteiger partial charge on any atom is 0.272 e. The molecule has 0 saturated carbocycles. The second-order valence-corrected chi connectivity index (χ2v) is 7.42. The van der Waals surface area contributed by atoms with Gasteiger partial charge in [0.2, 0.25) is 0 Å². The van der Waals surface area contributed by atoms with E-state index in [4.69, 9.17) is 0 Å². The molecular weight excluding hydrogens is 424 g/mol. The van der Waals surface area contributed by atoms with Crippen LogP contribution in [0.2, 0.25) is 0 Å². The normalized spacial score (nSPS) is 23.6. The van der Waals surface area contributed by atoms with Gasteiger partial charge in [-0.15, -0.1) is 10.2 Å². The fraction of sp³-hybridized carbons (Fsp3) is 0.200.